The molecule has 0 unspecified atom stereocenters. The molecule has 0 aromatic heterocycles. The second-order valence-electron chi connectivity index (χ2n) is 12.1. The van der Waals surface area contributed by atoms with Crippen LogP contribution in [0.25, 0.3) is 34.2 Å². The Labute approximate surface area is 293 Å². The van der Waals surface area contributed by atoms with Gasteiger partial charge in [0.2, 0.25) is 0 Å². The lowest BCUT2D eigenvalue weighted by molar-refractivity contribution is 0.466. The van der Waals surface area contributed by atoms with Crippen LogP contribution in [-0.4, -0.2) is 0 Å². The van der Waals surface area contributed by atoms with Crippen molar-refractivity contribution in [3.05, 3.63) is 251 Å². The maximum Gasteiger partial charge on any atom is 0.135 e. The highest BCUT2D eigenvalue weighted by molar-refractivity contribution is 6.12. The van der Waals surface area contributed by atoms with E-state index in [1.165, 1.54) is 0 Å². The van der Waals surface area contributed by atoms with Gasteiger partial charge >= 0.3 is 0 Å². The van der Waals surface area contributed by atoms with Gasteiger partial charge in [0.15, 0.2) is 0 Å². The molecule has 238 valence electrons. The number of benzene rings is 6. The fourth-order valence-corrected chi connectivity index (χ4v) is 6.39. The molecule has 0 spiro atoms. The van der Waals surface area contributed by atoms with E-state index in [0.717, 1.165) is 78.7 Å². The molecule has 0 N–H and O–H groups in total. The number of rotatable bonds is 7. The van der Waals surface area contributed by atoms with Crippen molar-refractivity contribution in [2.75, 3.05) is 0 Å². The zero-order valence-corrected chi connectivity index (χ0v) is 27.4. The highest BCUT2D eigenvalue weighted by atomic mass is 16.5. The molecule has 6 aromatic rings. The predicted octanol–water partition coefficient (Wildman–Crippen LogP) is 12.1. The zero-order valence-electron chi connectivity index (χ0n) is 27.4. The SMILES string of the molecule is C1=C(c2ccccc2)OC(c2ccccc2)=CC1=C(C(=C1C=C(c2ccccc2)OC(c2ccccc2)=C1)c1ccccc1)c1ccccc1. The molecule has 0 amide bonds. The summed E-state index contributed by atoms with van der Waals surface area (Å²) in [6.07, 6.45) is 8.71. The van der Waals surface area contributed by atoms with Crippen LogP contribution in [0.1, 0.15) is 33.4 Å². The van der Waals surface area contributed by atoms with Crippen molar-refractivity contribution < 1.29 is 9.47 Å². The molecule has 2 heteroatoms. The third-order valence-electron chi connectivity index (χ3n) is 8.77. The molecule has 0 atom stereocenters. The summed E-state index contributed by atoms with van der Waals surface area (Å²) in [5.74, 6) is 3.17. The van der Waals surface area contributed by atoms with Crippen molar-refractivity contribution in [1.29, 1.82) is 0 Å². The van der Waals surface area contributed by atoms with E-state index in [4.69, 9.17) is 9.47 Å². The van der Waals surface area contributed by atoms with Crippen LogP contribution < -0.4 is 0 Å². The Morgan fingerprint density at radius 1 is 0.260 bits per heavy atom. The van der Waals surface area contributed by atoms with E-state index in [1.54, 1.807) is 0 Å². The largest absolute Gasteiger partial charge is 0.456 e. The van der Waals surface area contributed by atoms with Crippen LogP contribution in [-0.2, 0) is 9.47 Å². The zero-order chi connectivity index (χ0) is 33.5. The molecule has 2 heterocycles. The van der Waals surface area contributed by atoms with Crippen molar-refractivity contribution in [3.8, 4) is 0 Å². The minimum Gasteiger partial charge on any atom is -0.456 e. The quantitative estimate of drug-likeness (QED) is 0.173. The summed E-state index contributed by atoms with van der Waals surface area (Å²) in [5.41, 5.74) is 10.5. The number of allylic oxidation sites excluding steroid dienone is 8. The van der Waals surface area contributed by atoms with Gasteiger partial charge in [-0.1, -0.05) is 182 Å². The van der Waals surface area contributed by atoms with Crippen molar-refractivity contribution in [1.82, 2.24) is 0 Å². The number of hydrogen-bond acceptors (Lipinski definition) is 2. The van der Waals surface area contributed by atoms with Crippen molar-refractivity contribution in [3.63, 3.8) is 0 Å². The van der Waals surface area contributed by atoms with Gasteiger partial charge in [0.25, 0.3) is 0 Å². The molecule has 0 radical (unpaired) electrons. The van der Waals surface area contributed by atoms with E-state index < -0.39 is 0 Å². The minimum absolute atomic E-state index is 0.792. The van der Waals surface area contributed by atoms with Gasteiger partial charge in [0, 0.05) is 22.3 Å². The molecule has 0 fully saturated rings. The van der Waals surface area contributed by atoms with Gasteiger partial charge in [-0.2, -0.15) is 0 Å². The molecule has 2 aliphatic heterocycles. The average molecular weight is 643 g/mol. The molecule has 0 saturated heterocycles. The van der Waals surface area contributed by atoms with Gasteiger partial charge in [-0.05, 0) is 57.7 Å². The third kappa shape index (κ3) is 6.56. The van der Waals surface area contributed by atoms with E-state index in [1.807, 2.05) is 72.8 Å². The van der Waals surface area contributed by atoms with E-state index in [0.29, 0.717) is 0 Å². The van der Waals surface area contributed by atoms with Gasteiger partial charge in [0.1, 0.15) is 23.0 Å². The fourth-order valence-electron chi connectivity index (χ4n) is 6.39. The van der Waals surface area contributed by atoms with Crippen LogP contribution in [0.3, 0.4) is 0 Å². The second-order valence-corrected chi connectivity index (χ2v) is 12.1. The predicted molar refractivity (Wildman–Crippen MR) is 207 cm³/mol. The van der Waals surface area contributed by atoms with Crippen LogP contribution in [0.5, 0.6) is 0 Å². The van der Waals surface area contributed by atoms with Gasteiger partial charge < -0.3 is 9.47 Å². The molecule has 50 heavy (non-hydrogen) atoms. The minimum atomic E-state index is 0.792. The first-order valence-corrected chi connectivity index (χ1v) is 16.8. The Bertz CT molecular complexity index is 2010. The van der Waals surface area contributed by atoms with Crippen LogP contribution >= 0.6 is 0 Å². The Hall–Kier alpha value is -6.64. The molecular weight excluding hydrogens is 609 g/mol. The Balaban J connectivity index is 1.48. The van der Waals surface area contributed by atoms with Gasteiger partial charge in [0.05, 0.1) is 0 Å². The first-order valence-electron chi connectivity index (χ1n) is 16.8. The summed E-state index contributed by atoms with van der Waals surface area (Å²) in [7, 11) is 0. The van der Waals surface area contributed by atoms with Crippen LogP contribution in [0.2, 0.25) is 0 Å². The van der Waals surface area contributed by atoms with Crippen molar-refractivity contribution in [2.45, 2.75) is 0 Å². The fraction of sp³-hybridized carbons (Fsp3) is 0. The lowest BCUT2D eigenvalue weighted by Gasteiger charge is -2.25. The average Bonchev–Trinajstić information content (AvgIpc) is 3.21. The van der Waals surface area contributed by atoms with Gasteiger partial charge in [-0.25, -0.2) is 0 Å². The summed E-state index contributed by atoms with van der Waals surface area (Å²) >= 11 is 0. The molecule has 2 aliphatic rings. The lowest BCUT2D eigenvalue weighted by atomic mass is 9.83. The standard InChI is InChI=1S/C48H34O2/c1-7-19-35(20-8-1)43-31-41(32-44(49-43)36-21-9-2-10-22-36)47(39-27-15-5-16-28-39)48(40-29-17-6-18-30-40)42-33-45(37-23-11-3-12-24-37)50-46(34-42)38-25-13-4-14-26-38/h1-34H. The molecule has 2 nitrogen and oxygen atoms in total. The Morgan fingerprint density at radius 3 is 0.720 bits per heavy atom. The first kappa shape index (κ1) is 30.7. The highest BCUT2D eigenvalue weighted by Crippen LogP contribution is 2.44. The van der Waals surface area contributed by atoms with E-state index in [9.17, 15) is 0 Å². The van der Waals surface area contributed by atoms with Crippen molar-refractivity contribution in [2.24, 2.45) is 0 Å². The number of ether oxygens (including phenoxy) is 2. The highest BCUT2D eigenvalue weighted by Gasteiger charge is 2.25. The summed E-state index contributed by atoms with van der Waals surface area (Å²) in [6.45, 7) is 0. The molecule has 8 rings (SSSR count). The van der Waals surface area contributed by atoms with Crippen molar-refractivity contribution >= 4 is 34.2 Å². The molecule has 0 bridgehead atoms. The second kappa shape index (κ2) is 14.2. The van der Waals surface area contributed by atoms with Gasteiger partial charge in [-0.15, -0.1) is 0 Å². The molecular formula is C48H34O2. The molecule has 0 saturated carbocycles. The lowest BCUT2D eigenvalue weighted by Crippen LogP contribution is -2.05. The summed E-state index contributed by atoms with van der Waals surface area (Å²) < 4.78 is 13.4. The smallest absolute Gasteiger partial charge is 0.135 e. The maximum atomic E-state index is 6.68. The summed E-state index contributed by atoms with van der Waals surface area (Å²) in [4.78, 5) is 0. The summed E-state index contributed by atoms with van der Waals surface area (Å²) in [6, 6.07) is 62.6. The Kier molecular flexibility index (Phi) is 8.73. The normalized spacial score (nSPS) is 13.9. The monoisotopic (exact) mass is 642 g/mol. The maximum absolute atomic E-state index is 6.68. The van der Waals surface area contributed by atoms with Crippen LogP contribution in [0.4, 0.5) is 0 Å². The molecule has 0 aliphatic carbocycles. The topological polar surface area (TPSA) is 18.5 Å². The van der Waals surface area contributed by atoms with E-state index in [-0.39, 0.29) is 0 Å². The third-order valence-corrected chi connectivity index (χ3v) is 8.77. The van der Waals surface area contributed by atoms with E-state index in [2.05, 4.69) is 133 Å². The number of hydrogen-bond donors (Lipinski definition) is 0. The molecule has 6 aromatic carbocycles. The van der Waals surface area contributed by atoms with Crippen LogP contribution in [0, 0.1) is 0 Å². The summed E-state index contributed by atoms with van der Waals surface area (Å²) in [5, 5.41) is 0. The first-order chi connectivity index (χ1) is 24.8. The van der Waals surface area contributed by atoms with E-state index >= 15 is 0 Å². The Morgan fingerprint density at radius 2 is 0.480 bits per heavy atom. The van der Waals surface area contributed by atoms with Gasteiger partial charge in [-0.3, -0.25) is 0 Å². The van der Waals surface area contributed by atoms with Crippen LogP contribution in [0.15, 0.2) is 217 Å².